The monoisotopic (exact) mass is 493 g/mol. The van der Waals surface area contributed by atoms with Gasteiger partial charge in [0.1, 0.15) is 5.75 Å². The predicted molar refractivity (Wildman–Crippen MR) is 128 cm³/mol. The van der Waals surface area contributed by atoms with E-state index in [-0.39, 0.29) is 27.8 Å². The third kappa shape index (κ3) is 5.17. The van der Waals surface area contributed by atoms with Gasteiger partial charge in [-0.2, -0.15) is 0 Å². The van der Waals surface area contributed by atoms with E-state index in [0.717, 1.165) is 37.4 Å². The highest BCUT2D eigenvalue weighted by atomic mass is 35.5. The molecule has 0 radical (unpaired) electrons. The molecule has 0 saturated carbocycles. The van der Waals surface area contributed by atoms with Gasteiger partial charge in [-0.1, -0.05) is 35.3 Å². The SMILES string of the molecule is COc1ccc(CS[C@@H]2[C@H](C(=O)NNC(=O)c3ccc(Cl)cc3Cl)C3CCN2CC3)cc1. The van der Waals surface area contributed by atoms with Crippen LogP contribution in [0.25, 0.3) is 0 Å². The number of hydrogen-bond acceptors (Lipinski definition) is 5. The summed E-state index contributed by atoms with van der Waals surface area (Å²) < 4.78 is 5.23. The number of amides is 2. The number of halogens is 2. The van der Waals surface area contributed by atoms with E-state index in [1.165, 1.54) is 17.7 Å². The van der Waals surface area contributed by atoms with E-state index in [1.54, 1.807) is 24.9 Å². The van der Waals surface area contributed by atoms with Gasteiger partial charge in [0.25, 0.3) is 5.91 Å². The second-order valence-electron chi connectivity index (χ2n) is 8.02. The smallest absolute Gasteiger partial charge is 0.271 e. The average Bonchev–Trinajstić information content (AvgIpc) is 2.81. The number of hydrogen-bond donors (Lipinski definition) is 2. The normalized spacial score (nSPS) is 24.1. The largest absolute Gasteiger partial charge is 0.497 e. The van der Waals surface area contributed by atoms with E-state index >= 15 is 0 Å². The van der Waals surface area contributed by atoms with Gasteiger partial charge in [0.05, 0.1) is 29.0 Å². The van der Waals surface area contributed by atoms with Crippen LogP contribution >= 0.6 is 35.0 Å². The van der Waals surface area contributed by atoms with Crippen molar-refractivity contribution in [2.75, 3.05) is 20.2 Å². The van der Waals surface area contributed by atoms with Crippen molar-refractivity contribution < 1.29 is 14.3 Å². The zero-order chi connectivity index (χ0) is 22.7. The summed E-state index contributed by atoms with van der Waals surface area (Å²) in [4.78, 5) is 28.0. The highest BCUT2D eigenvalue weighted by Gasteiger charge is 2.46. The molecule has 2 bridgehead atoms. The Labute approximate surface area is 201 Å². The van der Waals surface area contributed by atoms with Gasteiger partial charge in [-0.3, -0.25) is 25.3 Å². The number of thioether (sulfide) groups is 1. The fourth-order valence-electron chi connectivity index (χ4n) is 4.39. The molecular formula is C23H25Cl2N3O3S. The van der Waals surface area contributed by atoms with Gasteiger partial charge in [0.15, 0.2) is 0 Å². The minimum atomic E-state index is -0.469. The minimum absolute atomic E-state index is 0.0700. The topological polar surface area (TPSA) is 70.7 Å². The summed E-state index contributed by atoms with van der Waals surface area (Å²) in [6, 6.07) is 12.6. The second kappa shape index (κ2) is 10.3. The van der Waals surface area contributed by atoms with E-state index in [4.69, 9.17) is 27.9 Å². The summed E-state index contributed by atoms with van der Waals surface area (Å²) in [6.07, 6.45) is 1.99. The van der Waals surface area contributed by atoms with Crippen LogP contribution in [0.15, 0.2) is 42.5 Å². The maximum absolute atomic E-state index is 13.1. The molecule has 170 valence electrons. The standard InChI is InChI=1S/C23H25Cl2N3O3S/c1-31-17-5-2-14(3-6-17)13-32-23-20(15-8-10-28(23)11-9-15)22(30)27-26-21(29)18-7-4-16(24)12-19(18)25/h2-7,12,15,20,23H,8-11,13H2,1H3,(H,26,29)(H,27,30)/t20-,23+/m0/s1. The number of benzene rings is 2. The molecule has 0 spiro atoms. The molecule has 5 rings (SSSR count). The Bertz CT molecular complexity index is 981. The number of piperidine rings is 3. The molecular weight excluding hydrogens is 469 g/mol. The average molecular weight is 494 g/mol. The molecule has 6 nitrogen and oxygen atoms in total. The number of fused-ring (bicyclic) bond motifs is 3. The number of nitrogens with zero attached hydrogens (tertiary/aromatic N) is 1. The van der Waals surface area contributed by atoms with Crippen LogP contribution in [0.5, 0.6) is 5.75 Å². The maximum Gasteiger partial charge on any atom is 0.271 e. The van der Waals surface area contributed by atoms with Crippen molar-refractivity contribution in [3.8, 4) is 5.75 Å². The third-order valence-electron chi connectivity index (χ3n) is 6.11. The molecule has 2 aromatic rings. The first-order valence-electron chi connectivity index (χ1n) is 10.5. The van der Waals surface area contributed by atoms with Gasteiger partial charge >= 0.3 is 0 Å². The molecule has 3 heterocycles. The van der Waals surface area contributed by atoms with Crippen molar-refractivity contribution in [2.24, 2.45) is 11.8 Å². The van der Waals surface area contributed by atoms with Gasteiger partial charge in [-0.15, -0.1) is 11.8 Å². The second-order valence-corrected chi connectivity index (χ2v) is 9.96. The number of methoxy groups -OCH3 is 1. The molecule has 2 N–H and O–H groups in total. The van der Waals surface area contributed by atoms with Gasteiger partial charge in [0, 0.05) is 10.8 Å². The first-order valence-corrected chi connectivity index (χ1v) is 12.3. The van der Waals surface area contributed by atoms with E-state index in [2.05, 4.69) is 15.8 Å². The van der Waals surface area contributed by atoms with Crippen LogP contribution in [0, 0.1) is 11.8 Å². The lowest BCUT2D eigenvalue weighted by Crippen LogP contribution is -2.59. The molecule has 9 heteroatoms. The summed E-state index contributed by atoms with van der Waals surface area (Å²) in [5, 5.41) is 0.750. The molecule has 0 unspecified atom stereocenters. The molecule has 2 atom stereocenters. The van der Waals surface area contributed by atoms with Crippen LogP contribution in [0.1, 0.15) is 28.8 Å². The zero-order valence-electron chi connectivity index (χ0n) is 17.6. The van der Waals surface area contributed by atoms with Crippen molar-refractivity contribution in [3.05, 3.63) is 63.6 Å². The minimum Gasteiger partial charge on any atom is -0.497 e. The Balaban J connectivity index is 1.40. The zero-order valence-corrected chi connectivity index (χ0v) is 20.0. The Kier molecular flexibility index (Phi) is 7.51. The summed E-state index contributed by atoms with van der Waals surface area (Å²) in [7, 11) is 1.65. The number of carbonyl (C=O) groups is 2. The van der Waals surface area contributed by atoms with E-state index < -0.39 is 5.91 Å². The highest BCUT2D eigenvalue weighted by molar-refractivity contribution is 7.99. The van der Waals surface area contributed by atoms with Crippen molar-refractivity contribution in [2.45, 2.75) is 24.0 Å². The molecule has 0 aliphatic carbocycles. The first-order chi connectivity index (χ1) is 15.5. The van der Waals surface area contributed by atoms with Crippen molar-refractivity contribution >= 4 is 46.8 Å². The van der Waals surface area contributed by atoms with Gasteiger partial charge in [-0.25, -0.2) is 0 Å². The fraction of sp³-hybridized carbons (Fsp3) is 0.391. The quantitative estimate of drug-likeness (QED) is 0.584. The summed E-state index contributed by atoms with van der Waals surface area (Å²) in [5.41, 5.74) is 6.59. The van der Waals surface area contributed by atoms with Gasteiger partial charge in [0.2, 0.25) is 5.91 Å². The molecule has 3 aliphatic heterocycles. The lowest BCUT2D eigenvalue weighted by Gasteiger charge is -2.49. The Morgan fingerprint density at radius 1 is 1.09 bits per heavy atom. The summed E-state index contributed by atoms with van der Waals surface area (Å²) >= 11 is 13.8. The van der Waals surface area contributed by atoms with Crippen LogP contribution in [-0.4, -0.2) is 42.3 Å². The highest BCUT2D eigenvalue weighted by Crippen LogP contribution is 2.42. The predicted octanol–water partition coefficient (Wildman–Crippen LogP) is 4.36. The maximum atomic E-state index is 13.1. The number of hydrazine groups is 1. The van der Waals surface area contributed by atoms with Crippen LogP contribution in [0.4, 0.5) is 0 Å². The molecule has 2 aromatic carbocycles. The Hall–Kier alpha value is -1.93. The van der Waals surface area contributed by atoms with Crippen molar-refractivity contribution in [3.63, 3.8) is 0 Å². The van der Waals surface area contributed by atoms with E-state index in [0.29, 0.717) is 10.9 Å². The lowest BCUT2D eigenvalue weighted by atomic mass is 9.78. The number of rotatable bonds is 6. The third-order valence-corrected chi connectivity index (χ3v) is 8.09. The molecule has 3 aliphatic rings. The van der Waals surface area contributed by atoms with Crippen LogP contribution in [-0.2, 0) is 10.5 Å². The Morgan fingerprint density at radius 3 is 2.47 bits per heavy atom. The van der Waals surface area contributed by atoms with E-state index in [1.807, 2.05) is 24.3 Å². The number of ether oxygens (including phenoxy) is 1. The van der Waals surface area contributed by atoms with Gasteiger partial charge < -0.3 is 4.74 Å². The molecule has 3 fully saturated rings. The number of nitrogens with one attached hydrogen (secondary N) is 2. The summed E-state index contributed by atoms with van der Waals surface area (Å²) in [6.45, 7) is 2.00. The Morgan fingerprint density at radius 2 is 1.81 bits per heavy atom. The van der Waals surface area contributed by atoms with Crippen molar-refractivity contribution in [1.29, 1.82) is 0 Å². The van der Waals surface area contributed by atoms with Gasteiger partial charge in [-0.05, 0) is 67.7 Å². The van der Waals surface area contributed by atoms with E-state index in [9.17, 15) is 9.59 Å². The van der Waals surface area contributed by atoms with Crippen LogP contribution in [0.2, 0.25) is 10.0 Å². The van der Waals surface area contributed by atoms with Crippen LogP contribution < -0.4 is 15.6 Å². The molecule has 0 aromatic heterocycles. The number of carbonyl (C=O) groups excluding carboxylic acids is 2. The fourth-order valence-corrected chi connectivity index (χ4v) is 6.42. The molecule has 32 heavy (non-hydrogen) atoms. The summed E-state index contributed by atoms with van der Waals surface area (Å²) in [5.74, 6) is 1.11. The molecule has 2 amide bonds. The first kappa shape index (κ1) is 23.2. The van der Waals surface area contributed by atoms with Crippen molar-refractivity contribution in [1.82, 2.24) is 15.8 Å². The lowest BCUT2D eigenvalue weighted by molar-refractivity contribution is -0.133. The van der Waals surface area contributed by atoms with Crippen LogP contribution in [0.3, 0.4) is 0 Å². The molecule has 3 saturated heterocycles.